The van der Waals surface area contributed by atoms with E-state index in [4.69, 9.17) is 4.74 Å². The zero-order valence-electron chi connectivity index (χ0n) is 11.3. The number of hydrogen-bond acceptors (Lipinski definition) is 3. The van der Waals surface area contributed by atoms with Gasteiger partial charge in [0.25, 0.3) is 0 Å². The Morgan fingerprint density at radius 1 is 0.900 bits per heavy atom. The fourth-order valence-electron chi connectivity index (χ4n) is 2.49. The zero-order valence-corrected chi connectivity index (χ0v) is 11.3. The highest BCUT2D eigenvalue weighted by Crippen LogP contribution is 2.25. The summed E-state index contributed by atoms with van der Waals surface area (Å²) in [4.78, 5) is 15.2. The van der Waals surface area contributed by atoms with Crippen LogP contribution >= 0.6 is 0 Å². The van der Waals surface area contributed by atoms with Gasteiger partial charge in [-0.3, -0.25) is 9.78 Å². The number of rotatable bonds is 3. The number of hydrogen-bond donors (Lipinski definition) is 0. The monoisotopic (exact) mass is 267 g/mol. The molecule has 1 aromatic carbocycles. The number of pyridine rings is 1. The van der Waals surface area contributed by atoms with Gasteiger partial charge < -0.3 is 4.74 Å². The van der Waals surface area contributed by atoms with Gasteiger partial charge in [0, 0.05) is 25.2 Å². The van der Waals surface area contributed by atoms with Crippen LogP contribution < -0.4 is 4.74 Å². The van der Waals surface area contributed by atoms with Gasteiger partial charge in [-0.2, -0.15) is 0 Å². The maximum Gasteiger partial charge on any atom is 0.133 e. The minimum absolute atomic E-state index is 0.180. The van der Waals surface area contributed by atoms with Gasteiger partial charge in [0.1, 0.15) is 11.5 Å². The minimum atomic E-state index is 0.180. The molecule has 1 fully saturated rings. The SMILES string of the molecule is O=C1CCC(Oc2ccc(-c3ccncc3)cc2)CC1. The smallest absolute Gasteiger partial charge is 0.133 e. The van der Waals surface area contributed by atoms with Crippen LogP contribution in [-0.2, 0) is 4.79 Å². The van der Waals surface area contributed by atoms with Crippen molar-refractivity contribution in [2.24, 2.45) is 0 Å². The molecule has 3 heteroatoms. The second-order valence-corrected chi connectivity index (χ2v) is 5.12. The Kier molecular flexibility index (Phi) is 3.77. The molecule has 102 valence electrons. The van der Waals surface area contributed by atoms with Gasteiger partial charge in [-0.05, 0) is 48.2 Å². The van der Waals surface area contributed by atoms with Crippen molar-refractivity contribution in [3.63, 3.8) is 0 Å². The molecule has 3 nitrogen and oxygen atoms in total. The predicted octanol–water partition coefficient (Wildman–Crippen LogP) is 3.64. The Bertz CT molecular complexity index is 568. The van der Waals surface area contributed by atoms with E-state index in [1.165, 1.54) is 0 Å². The Morgan fingerprint density at radius 3 is 2.15 bits per heavy atom. The molecule has 20 heavy (non-hydrogen) atoms. The van der Waals surface area contributed by atoms with Gasteiger partial charge in [-0.15, -0.1) is 0 Å². The van der Waals surface area contributed by atoms with E-state index in [9.17, 15) is 4.79 Å². The van der Waals surface area contributed by atoms with Crippen molar-refractivity contribution in [2.75, 3.05) is 0 Å². The summed E-state index contributed by atoms with van der Waals surface area (Å²) < 4.78 is 5.93. The van der Waals surface area contributed by atoms with Crippen LogP contribution in [0, 0.1) is 0 Å². The molecule has 1 aliphatic carbocycles. The van der Waals surface area contributed by atoms with Crippen molar-refractivity contribution in [1.82, 2.24) is 4.98 Å². The van der Waals surface area contributed by atoms with E-state index < -0.39 is 0 Å². The second-order valence-electron chi connectivity index (χ2n) is 5.12. The van der Waals surface area contributed by atoms with Crippen LogP contribution in [0.25, 0.3) is 11.1 Å². The van der Waals surface area contributed by atoms with Crippen molar-refractivity contribution < 1.29 is 9.53 Å². The zero-order chi connectivity index (χ0) is 13.8. The second kappa shape index (κ2) is 5.87. The Hall–Kier alpha value is -2.16. The number of aromatic nitrogens is 1. The molecule has 0 amide bonds. The summed E-state index contributed by atoms with van der Waals surface area (Å²) in [5.41, 5.74) is 2.30. The standard InChI is InChI=1S/C17H17NO2/c19-15-3-7-17(8-4-15)20-16-5-1-13(2-6-16)14-9-11-18-12-10-14/h1-2,5-6,9-12,17H,3-4,7-8H2. The topological polar surface area (TPSA) is 39.2 Å². The summed E-state index contributed by atoms with van der Waals surface area (Å²) in [5, 5.41) is 0. The van der Waals surface area contributed by atoms with Crippen molar-refractivity contribution in [1.29, 1.82) is 0 Å². The lowest BCUT2D eigenvalue weighted by atomic mass is 9.96. The molecule has 0 bridgehead atoms. The average molecular weight is 267 g/mol. The van der Waals surface area contributed by atoms with Crippen molar-refractivity contribution in [3.8, 4) is 16.9 Å². The lowest BCUT2D eigenvalue weighted by molar-refractivity contribution is -0.121. The van der Waals surface area contributed by atoms with Crippen molar-refractivity contribution in [2.45, 2.75) is 31.8 Å². The highest BCUT2D eigenvalue weighted by atomic mass is 16.5. The van der Waals surface area contributed by atoms with E-state index in [0.29, 0.717) is 18.6 Å². The van der Waals surface area contributed by atoms with Gasteiger partial charge in [-0.1, -0.05) is 12.1 Å². The molecule has 0 saturated heterocycles. The highest BCUT2D eigenvalue weighted by molar-refractivity contribution is 5.79. The molecular weight excluding hydrogens is 250 g/mol. The first kappa shape index (κ1) is 12.9. The van der Waals surface area contributed by atoms with Gasteiger partial charge in [0.05, 0.1) is 6.10 Å². The number of nitrogens with zero attached hydrogens (tertiary/aromatic N) is 1. The number of carbonyl (C=O) groups excluding carboxylic acids is 1. The fraction of sp³-hybridized carbons (Fsp3) is 0.294. The van der Waals surface area contributed by atoms with E-state index in [1.54, 1.807) is 12.4 Å². The molecule has 0 radical (unpaired) electrons. The maximum atomic E-state index is 11.2. The Balaban J connectivity index is 1.66. The van der Waals surface area contributed by atoms with Gasteiger partial charge in [0.15, 0.2) is 0 Å². The molecule has 1 aliphatic rings. The van der Waals surface area contributed by atoms with Crippen LogP contribution in [0.3, 0.4) is 0 Å². The quantitative estimate of drug-likeness (QED) is 0.852. The molecule has 1 aromatic heterocycles. The number of carbonyl (C=O) groups is 1. The summed E-state index contributed by atoms with van der Waals surface area (Å²) >= 11 is 0. The maximum absolute atomic E-state index is 11.2. The summed E-state index contributed by atoms with van der Waals surface area (Å²) in [5.74, 6) is 1.24. The van der Waals surface area contributed by atoms with Crippen LogP contribution in [0.5, 0.6) is 5.75 Å². The van der Waals surface area contributed by atoms with Crippen LogP contribution in [-0.4, -0.2) is 16.9 Å². The largest absolute Gasteiger partial charge is 0.490 e. The third-order valence-electron chi connectivity index (χ3n) is 3.66. The molecular formula is C17H17NO2. The van der Waals surface area contributed by atoms with Crippen molar-refractivity contribution >= 4 is 5.78 Å². The van der Waals surface area contributed by atoms with E-state index in [2.05, 4.69) is 17.1 Å². The predicted molar refractivity (Wildman–Crippen MR) is 77.6 cm³/mol. The first-order chi connectivity index (χ1) is 9.81. The minimum Gasteiger partial charge on any atom is -0.490 e. The fourth-order valence-corrected chi connectivity index (χ4v) is 2.49. The molecule has 0 aliphatic heterocycles. The third kappa shape index (κ3) is 3.05. The average Bonchev–Trinajstić information content (AvgIpc) is 2.51. The number of Topliss-reactive ketones (excluding diaryl/α,β-unsaturated/α-hetero) is 1. The highest BCUT2D eigenvalue weighted by Gasteiger charge is 2.19. The van der Waals surface area contributed by atoms with Crippen LogP contribution in [0.4, 0.5) is 0 Å². The van der Waals surface area contributed by atoms with E-state index in [-0.39, 0.29) is 6.10 Å². The summed E-state index contributed by atoms with van der Waals surface area (Å²) in [6, 6.07) is 12.1. The number of ether oxygens (including phenoxy) is 1. The normalized spacial score (nSPS) is 16.1. The van der Waals surface area contributed by atoms with Crippen LogP contribution in [0.2, 0.25) is 0 Å². The summed E-state index contributed by atoms with van der Waals surface area (Å²) in [7, 11) is 0. The molecule has 1 heterocycles. The first-order valence-electron chi connectivity index (χ1n) is 7.00. The lowest BCUT2D eigenvalue weighted by Gasteiger charge is -2.22. The Labute approximate surface area is 118 Å². The number of ketones is 1. The molecule has 1 saturated carbocycles. The summed E-state index contributed by atoms with van der Waals surface area (Å²) in [6.45, 7) is 0. The third-order valence-corrected chi connectivity index (χ3v) is 3.66. The molecule has 2 aromatic rings. The van der Waals surface area contributed by atoms with Crippen LogP contribution in [0.15, 0.2) is 48.8 Å². The first-order valence-corrected chi connectivity index (χ1v) is 7.00. The molecule has 0 atom stereocenters. The molecule has 0 N–H and O–H groups in total. The Morgan fingerprint density at radius 2 is 1.50 bits per heavy atom. The van der Waals surface area contributed by atoms with Gasteiger partial charge in [0.2, 0.25) is 0 Å². The van der Waals surface area contributed by atoms with E-state index in [0.717, 1.165) is 29.7 Å². The summed E-state index contributed by atoms with van der Waals surface area (Å²) in [6.07, 6.45) is 6.74. The van der Waals surface area contributed by atoms with Gasteiger partial charge >= 0.3 is 0 Å². The van der Waals surface area contributed by atoms with E-state index >= 15 is 0 Å². The molecule has 0 unspecified atom stereocenters. The van der Waals surface area contributed by atoms with Crippen molar-refractivity contribution in [3.05, 3.63) is 48.8 Å². The number of benzene rings is 1. The molecule has 0 spiro atoms. The lowest BCUT2D eigenvalue weighted by Crippen LogP contribution is -2.23. The van der Waals surface area contributed by atoms with Crippen LogP contribution in [0.1, 0.15) is 25.7 Å². The van der Waals surface area contributed by atoms with Gasteiger partial charge in [-0.25, -0.2) is 0 Å². The van der Waals surface area contributed by atoms with E-state index in [1.807, 2.05) is 24.3 Å². The molecule has 3 rings (SSSR count).